The minimum Gasteiger partial charge on any atom is -0.373 e. The summed E-state index contributed by atoms with van der Waals surface area (Å²) in [4.78, 5) is 9.07. The number of methoxy groups -OCH3 is 1. The van der Waals surface area contributed by atoms with E-state index in [0.717, 1.165) is 47.2 Å². The topological polar surface area (TPSA) is 73.1 Å². The number of fused-ring (bicyclic) bond motifs is 1. The Kier molecular flexibility index (Phi) is 4.20. The number of nitrogens with two attached hydrogens (primary N) is 1. The zero-order valence-corrected chi connectivity index (χ0v) is 11.0. The second-order valence-electron chi connectivity index (χ2n) is 4.01. The Morgan fingerprint density at radius 2 is 2.29 bits per heavy atom. The summed E-state index contributed by atoms with van der Waals surface area (Å²) in [5.41, 5.74) is 4.89. The number of anilines is 1. The molecule has 17 heavy (non-hydrogen) atoms. The van der Waals surface area contributed by atoms with Crippen LogP contribution in [0, 0.1) is 0 Å². The van der Waals surface area contributed by atoms with Crippen LogP contribution >= 0.6 is 11.8 Å². The molecule has 5 nitrogen and oxygen atoms in total. The third kappa shape index (κ3) is 2.53. The number of nitrogen functional groups attached to an aromatic ring is 1. The molecule has 0 spiro atoms. The van der Waals surface area contributed by atoms with Gasteiger partial charge in [-0.1, -0.05) is 13.3 Å². The van der Waals surface area contributed by atoms with Gasteiger partial charge >= 0.3 is 0 Å². The maximum atomic E-state index is 5.52. The van der Waals surface area contributed by atoms with Crippen LogP contribution in [0.3, 0.4) is 0 Å². The van der Waals surface area contributed by atoms with E-state index in [2.05, 4.69) is 22.3 Å². The predicted octanol–water partition coefficient (Wildman–Crippen LogP) is 2.00. The highest BCUT2D eigenvalue weighted by Crippen LogP contribution is 2.34. The van der Waals surface area contributed by atoms with Gasteiger partial charge in [-0.25, -0.2) is 15.8 Å². The Morgan fingerprint density at radius 3 is 2.94 bits per heavy atom. The Hall–Kier alpha value is -0.850. The lowest BCUT2D eigenvalue weighted by molar-refractivity contribution is 0.0875. The second kappa shape index (κ2) is 5.66. The van der Waals surface area contributed by atoms with Crippen LogP contribution in [0.25, 0.3) is 0 Å². The lowest BCUT2D eigenvalue weighted by atomic mass is 10.1. The number of nitrogens with zero attached hydrogens (tertiary/aromatic N) is 2. The lowest BCUT2D eigenvalue weighted by Gasteiger charge is -2.15. The van der Waals surface area contributed by atoms with Crippen LogP contribution in [0.5, 0.6) is 0 Å². The molecule has 0 aromatic carbocycles. The molecule has 3 N–H and O–H groups in total. The van der Waals surface area contributed by atoms with Gasteiger partial charge in [-0.05, 0) is 6.42 Å². The van der Waals surface area contributed by atoms with Gasteiger partial charge in [-0.15, -0.1) is 0 Å². The van der Waals surface area contributed by atoms with Crippen LogP contribution in [0.2, 0.25) is 0 Å². The van der Waals surface area contributed by atoms with Gasteiger partial charge in [0, 0.05) is 24.2 Å². The normalized spacial score (nSPS) is 15.7. The summed E-state index contributed by atoms with van der Waals surface area (Å²) in [5.74, 6) is 8.86. The van der Waals surface area contributed by atoms with E-state index in [9.17, 15) is 0 Å². The van der Waals surface area contributed by atoms with Crippen molar-refractivity contribution >= 4 is 17.6 Å². The highest BCUT2D eigenvalue weighted by atomic mass is 32.2. The standard InChI is InChI=1S/C11H18N4OS/c1-3-4-9(16-2)11-13-8-6-17-5-7(8)10(14-11)15-12/h9H,3-6,12H2,1-2H3,(H,13,14,15). The smallest absolute Gasteiger partial charge is 0.159 e. The number of ether oxygens (including phenoxy) is 1. The van der Waals surface area contributed by atoms with E-state index in [1.54, 1.807) is 7.11 Å². The van der Waals surface area contributed by atoms with E-state index in [1.165, 1.54) is 0 Å². The van der Waals surface area contributed by atoms with Crippen LogP contribution < -0.4 is 11.3 Å². The first-order valence-electron chi connectivity index (χ1n) is 5.77. The Balaban J connectivity index is 2.35. The molecule has 1 unspecified atom stereocenters. The van der Waals surface area contributed by atoms with Crippen LogP contribution in [-0.2, 0) is 16.2 Å². The van der Waals surface area contributed by atoms with Crippen molar-refractivity contribution in [2.75, 3.05) is 12.5 Å². The van der Waals surface area contributed by atoms with Gasteiger partial charge < -0.3 is 10.2 Å². The third-order valence-corrected chi connectivity index (χ3v) is 3.83. The van der Waals surface area contributed by atoms with Crippen LogP contribution in [0.4, 0.5) is 5.82 Å². The van der Waals surface area contributed by atoms with E-state index < -0.39 is 0 Å². The second-order valence-corrected chi connectivity index (χ2v) is 4.99. The predicted molar refractivity (Wildman–Crippen MR) is 69.5 cm³/mol. The zero-order chi connectivity index (χ0) is 12.3. The lowest BCUT2D eigenvalue weighted by Crippen LogP contribution is -2.16. The number of hydrogen-bond acceptors (Lipinski definition) is 6. The number of rotatable bonds is 5. The van der Waals surface area contributed by atoms with Gasteiger partial charge in [0.25, 0.3) is 0 Å². The molecule has 1 aromatic heterocycles. The van der Waals surface area contributed by atoms with E-state index in [4.69, 9.17) is 10.6 Å². The molecule has 0 fully saturated rings. The van der Waals surface area contributed by atoms with Crippen molar-refractivity contribution in [1.82, 2.24) is 9.97 Å². The largest absolute Gasteiger partial charge is 0.373 e. The molecule has 0 bridgehead atoms. The summed E-state index contributed by atoms with van der Waals surface area (Å²) in [7, 11) is 1.70. The summed E-state index contributed by atoms with van der Waals surface area (Å²) >= 11 is 1.83. The SMILES string of the molecule is CCCC(OC)c1nc2c(c(NN)n1)CSC2. The van der Waals surface area contributed by atoms with Gasteiger partial charge in [-0.3, -0.25) is 0 Å². The molecule has 2 rings (SSSR count). The molecule has 1 atom stereocenters. The molecule has 1 aliphatic heterocycles. The van der Waals surface area contributed by atoms with Gasteiger partial charge in [0.05, 0.1) is 5.69 Å². The van der Waals surface area contributed by atoms with Gasteiger partial charge in [0.15, 0.2) is 5.82 Å². The fourth-order valence-electron chi connectivity index (χ4n) is 1.95. The first-order chi connectivity index (χ1) is 8.30. The van der Waals surface area contributed by atoms with Crippen LogP contribution in [0.15, 0.2) is 0 Å². The van der Waals surface area contributed by atoms with Crippen molar-refractivity contribution in [1.29, 1.82) is 0 Å². The summed E-state index contributed by atoms with van der Waals surface area (Å²) in [6.07, 6.45) is 1.92. The minimum atomic E-state index is -0.0389. The molecule has 6 heteroatoms. The van der Waals surface area contributed by atoms with Crippen molar-refractivity contribution < 1.29 is 4.74 Å². The molecule has 0 radical (unpaired) electrons. The van der Waals surface area contributed by atoms with Gasteiger partial charge in [0.2, 0.25) is 0 Å². The fraction of sp³-hybridized carbons (Fsp3) is 0.636. The van der Waals surface area contributed by atoms with Gasteiger partial charge in [-0.2, -0.15) is 11.8 Å². The van der Waals surface area contributed by atoms with E-state index in [-0.39, 0.29) is 6.10 Å². The highest BCUT2D eigenvalue weighted by molar-refractivity contribution is 7.98. The fourth-order valence-corrected chi connectivity index (χ4v) is 2.99. The molecule has 1 aromatic rings. The Labute approximate surface area is 106 Å². The minimum absolute atomic E-state index is 0.0389. The average molecular weight is 254 g/mol. The first kappa shape index (κ1) is 12.6. The number of nitrogens with one attached hydrogen (secondary N) is 1. The number of aromatic nitrogens is 2. The quantitative estimate of drug-likeness (QED) is 0.618. The zero-order valence-electron chi connectivity index (χ0n) is 10.2. The van der Waals surface area contributed by atoms with Crippen molar-refractivity contribution in [2.24, 2.45) is 5.84 Å². The molecule has 0 aliphatic carbocycles. The Bertz CT molecular complexity index is 399. The third-order valence-electron chi connectivity index (χ3n) is 2.86. The molecule has 0 saturated heterocycles. The highest BCUT2D eigenvalue weighted by Gasteiger charge is 2.22. The molecule has 0 saturated carbocycles. The van der Waals surface area contributed by atoms with E-state index >= 15 is 0 Å². The van der Waals surface area contributed by atoms with Crippen molar-refractivity contribution in [3.63, 3.8) is 0 Å². The molecule has 2 heterocycles. The van der Waals surface area contributed by atoms with Crippen LogP contribution in [-0.4, -0.2) is 17.1 Å². The number of hydrogen-bond donors (Lipinski definition) is 2. The van der Waals surface area contributed by atoms with Crippen molar-refractivity contribution in [3.05, 3.63) is 17.1 Å². The molecule has 1 aliphatic rings. The Morgan fingerprint density at radius 1 is 1.47 bits per heavy atom. The number of thioether (sulfide) groups is 1. The maximum Gasteiger partial charge on any atom is 0.159 e. The summed E-state index contributed by atoms with van der Waals surface area (Å²) in [5, 5.41) is 0. The summed E-state index contributed by atoms with van der Waals surface area (Å²) in [6, 6.07) is 0. The van der Waals surface area contributed by atoms with Gasteiger partial charge in [0.1, 0.15) is 11.9 Å². The monoisotopic (exact) mass is 254 g/mol. The molecule has 0 amide bonds. The molecular formula is C11H18N4OS. The molecule has 94 valence electrons. The van der Waals surface area contributed by atoms with Crippen molar-refractivity contribution in [2.45, 2.75) is 37.4 Å². The summed E-state index contributed by atoms with van der Waals surface area (Å²) < 4.78 is 5.44. The van der Waals surface area contributed by atoms with E-state index in [1.807, 2.05) is 11.8 Å². The maximum absolute atomic E-state index is 5.52. The molecular weight excluding hydrogens is 236 g/mol. The van der Waals surface area contributed by atoms with Crippen molar-refractivity contribution in [3.8, 4) is 0 Å². The average Bonchev–Trinajstić information content (AvgIpc) is 2.82. The van der Waals surface area contributed by atoms with Crippen LogP contribution in [0.1, 0.15) is 43.0 Å². The van der Waals surface area contributed by atoms with E-state index in [0.29, 0.717) is 0 Å². The summed E-state index contributed by atoms with van der Waals surface area (Å²) in [6.45, 7) is 2.12. The number of hydrazine groups is 1. The first-order valence-corrected chi connectivity index (χ1v) is 6.92.